The van der Waals surface area contributed by atoms with Gasteiger partial charge in [-0.3, -0.25) is 0 Å². The van der Waals surface area contributed by atoms with Crippen LogP contribution in [0.25, 0.3) is 0 Å². The van der Waals surface area contributed by atoms with Crippen LogP contribution in [0.1, 0.15) is 25.7 Å². The Balaban J connectivity index is 2.15. The van der Waals surface area contributed by atoms with Crippen molar-refractivity contribution in [1.29, 1.82) is 0 Å². The second kappa shape index (κ2) is 4.75. The molecule has 1 radical (unpaired) electrons. The van der Waals surface area contributed by atoms with Gasteiger partial charge in [-0.1, -0.05) is 12.8 Å². The molecule has 0 aromatic heterocycles. The van der Waals surface area contributed by atoms with E-state index in [-0.39, 0.29) is 0 Å². The van der Waals surface area contributed by atoms with Crippen molar-refractivity contribution in [1.82, 2.24) is 10.0 Å². The molecule has 2 nitrogen and oxygen atoms in total. The summed E-state index contributed by atoms with van der Waals surface area (Å²) in [4.78, 5) is 2.37. The first kappa shape index (κ1) is 8.09. The van der Waals surface area contributed by atoms with Gasteiger partial charge in [0.2, 0.25) is 0 Å². The van der Waals surface area contributed by atoms with Crippen molar-refractivity contribution in [2.45, 2.75) is 25.7 Å². The van der Waals surface area contributed by atoms with E-state index in [1.807, 2.05) is 7.05 Å². The highest BCUT2D eigenvalue weighted by atomic mass is 15.1. The van der Waals surface area contributed by atoms with E-state index in [1.54, 1.807) is 0 Å². The maximum atomic E-state index is 3.07. The van der Waals surface area contributed by atoms with Crippen LogP contribution in [0.15, 0.2) is 0 Å². The van der Waals surface area contributed by atoms with Gasteiger partial charge < -0.3 is 10.0 Å². The quantitative estimate of drug-likeness (QED) is 0.564. The van der Waals surface area contributed by atoms with Crippen LogP contribution in [0.5, 0.6) is 0 Å². The zero-order chi connectivity index (χ0) is 7.23. The summed E-state index contributed by atoms with van der Waals surface area (Å²) >= 11 is 0. The minimum Gasteiger partial charge on any atom is -0.348 e. The fraction of sp³-hybridized carbons (Fsp3) is 1.00. The molecule has 1 aliphatic rings. The summed E-state index contributed by atoms with van der Waals surface area (Å²) in [5.74, 6) is 0. The van der Waals surface area contributed by atoms with Gasteiger partial charge in [0.05, 0.1) is 0 Å². The van der Waals surface area contributed by atoms with Crippen molar-refractivity contribution in [3.63, 3.8) is 0 Å². The molecular weight excluding hydrogens is 123 g/mol. The highest BCUT2D eigenvalue weighted by molar-refractivity contribution is 6.28. The molecule has 1 N–H and O–H groups in total. The highest BCUT2D eigenvalue weighted by Gasteiger charge is 2.07. The standard InChI is InChI=1S/C7H16BN2/c1-9-8-10-6-4-2-3-5-7-10/h9H,2-7H2,1H3. The lowest BCUT2D eigenvalue weighted by Gasteiger charge is -2.16. The summed E-state index contributed by atoms with van der Waals surface area (Å²) in [5.41, 5.74) is 0. The van der Waals surface area contributed by atoms with Gasteiger partial charge in [0.25, 0.3) is 0 Å². The molecule has 3 heteroatoms. The van der Waals surface area contributed by atoms with Crippen LogP contribution in [0, 0.1) is 0 Å². The number of rotatable bonds is 2. The van der Waals surface area contributed by atoms with E-state index in [4.69, 9.17) is 0 Å². The van der Waals surface area contributed by atoms with Crippen molar-refractivity contribution < 1.29 is 0 Å². The molecule has 57 valence electrons. The van der Waals surface area contributed by atoms with E-state index >= 15 is 0 Å². The first-order chi connectivity index (χ1) is 4.93. The highest BCUT2D eigenvalue weighted by Crippen LogP contribution is 2.07. The topological polar surface area (TPSA) is 15.3 Å². The number of nitrogens with one attached hydrogen (secondary N) is 1. The van der Waals surface area contributed by atoms with Gasteiger partial charge in [-0.25, -0.2) is 0 Å². The Labute approximate surface area is 64.3 Å². The van der Waals surface area contributed by atoms with E-state index in [1.165, 1.54) is 38.8 Å². The minimum absolute atomic E-state index is 1.24. The molecule has 1 rings (SSSR count). The van der Waals surface area contributed by atoms with Gasteiger partial charge in [0.1, 0.15) is 0 Å². The van der Waals surface area contributed by atoms with Gasteiger partial charge >= 0.3 is 7.55 Å². The molecule has 0 bridgehead atoms. The SMILES string of the molecule is CN[B]N1CCCCCC1. The molecule has 0 aromatic carbocycles. The molecule has 0 saturated carbocycles. The summed E-state index contributed by atoms with van der Waals surface area (Å²) in [6.45, 7) is 2.47. The smallest absolute Gasteiger partial charge is 0.310 e. The summed E-state index contributed by atoms with van der Waals surface area (Å²) in [5, 5.41) is 3.07. The third-order valence-corrected chi connectivity index (χ3v) is 1.95. The van der Waals surface area contributed by atoms with Crippen molar-refractivity contribution >= 4 is 7.55 Å². The van der Waals surface area contributed by atoms with E-state index in [2.05, 4.69) is 17.6 Å². The summed E-state index contributed by atoms with van der Waals surface area (Å²) in [6.07, 6.45) is 5.54. The molecule has 0 aliphatic carbocycles. The zero-order valence-electron chi connectivity index (χ0n) is 6.77. The van der Waals surface area contributed by atoms with E-state index in [9.17, 15) is 0 Å². The fourth-order valence-corrected chi connectivity index (χ4v) is 1.41. The van der Waals surface area contributed by atoms with Crippen molar-refractivity contribution in [2.24, 2.45) is 0 Å². The lowest BCUT2D eigenvalue weighted by molar-refractivity contribution is 0.455. The third kappa shape index (κ3) is 2.71. The van der Waals surface area contributed by atoms with Gasteiger partial charge in [-0.15, -0.1) is 0 Å². The number of hydrogen-bond donors (Lipinski definition) is 1. The summed E-state index contributed by atoms with van der Waals surface area (Å²) in [7, 11) is 4.05. The first-order valence-corrected chi connectivity index (χ1v) is 4.18. The Kier molecular flexibility index (Phi) is 3.84. The predicted molar refractivity (Wildman–Crippen MR) is 44.9 cm³/mol. The van der Waals surface area contributed by atoms with E-state index in [0.29, 0.717) is 0 Å². The maximum Gasteiger partial charge on any atom is 0.310 e. The fourth-order valence-electron chi connectivity index (χ4n) is 1.41. The molecule has 10 heavy (non-hydrogen) atoms. The van der Waals surface area contributed by atoms with E-state index in [0.717, 1.165) is 0 Å². The average molecular weight is 139 g/mol. The lowest BCUT2D eigenvalue weighted by Crippen LogP contribution is -2.36. The zero-order valence-corrected chi connectivity index (χ0v) is 6.77. The largest absolute Gasteiger partial charge is 0.348 e. The Bertz CT molecular complexity index is 79.7. The molecular formula is C7H16BN2. The molecule has 1 heterocycles. The predicted octanol–water partition coefficient (Wildman–Crippen LogP) is 0.616. The Hall–Kier alpha value is -0.0151. The third-order valence-electron chi connectivity index (χ3n) is 1.95. The molecule has 0 atom stereocenters. The van der Waals surface area contributed by atoms with Crippen molar-refractivity contribution in [3.05, 3.63) is 0 Å². The lowest BCUT2D eigenvalue weighted by atomic mass is 10.1. The first-order valence-electron chi connectivity index (χ1n) is 4.18. The molecule has 0 spiro atoms. The Morgan fingerprint density at radius 2 is 1.70 bits per heavy atom. The van der Waals surface area contributed by atoms with Gasteiger partial charge in [0.15, 0.2) is 0 Å². The molecule has 0 unspecified atom stereocenters. The molecule has 1 aliphatic heterocycles. The van der Waals surface area contributed by atoms with Crippen LogP contribution in [-0.2, 0) is 0 Å². The average Bonchev–Trinajstić information content (AvgIpc) is 2.17. The van der Waals surface area contributed by atoms with Crippen LogP contribution in [0.3, 0.4) is 0 Å². The molecule has 0 amide bonds. The van der Waals surface area contributed by atoms with Crippen LogP contribution in [0.2, 0.25) is 0 Å². The Morgan fingerprint density at radius 3 is 2.20 bits per heavy atom. The van der Waals surface area contributed by atoms with Gasteiger partial charge in [-0.05, 0) is 33.0 Å². The van der Waals surface area contributed by atoms with Crippen LogP contribution >= 0.6 is 0 Å². The van der Waals surface area contributed by atoms with Crippen LogP contribution < -0.4 is 5.23 Å². The second-order valence-electron chi connectivity index (χ2n) is 2.87. The maximum absolute atomic E-state index is 3.07. The number of hydrogen-bond acceptors (Lipinski definition) is 2. The summed E-state index contributed by atoms with van der Waals surface area (Å²) in [6, 6.07) is 0. The van der Waals surface area contributed by atoms with Crippen molar-refractivity contribution in [2.75, 3.05) is 20.1 Å². The van der Waals surface area contributed by atoms with Crippen LogP contribution in [0.4, 0.5) is 0 Å². The number of nitrogens with zero attached hydrogens (tertiary/aromatic N) is 1. The monoisotopic (exact) mass is 139 g/mol. The molecule has 0 aromatic rings. The van der Waals surface area contributed by atoms with Crippen LogP contribution in [-0.4, -0.2) is 32.5 Å². The van der Waals surface area contributed by atoms with Gasteiger partial charge in [-0.2, -0.15) is 0 Å². The normalized spacial score (nSPS) is 22.1. The van der Waals surface area contributed by atoms with E-state index < -0.39 is 0 Å². The summed E-state index contributed by atoms with van der Waals surface area (Å²) < 4.78 is 0. The van der Waals surface area contributed by atoms with Crippen molar-refractivity contribution in [3.8, 4) is 0 Å². The minimum atomic E-state index is 1.24. The van der Waals surface area contributed by atoms with Gasteiger partial charge in [0, 0.05) is 0 Å². The molecule has 1 saturated heterocycles. The molecule has 1 fully saturated rings. The second-order valence-corrected chi connectivity index (χ2v) is 2.87. The Morgan fingerprint density at radius 1 is 1.10 bits per heavy atom.